The van der Waals surface area contributed by atoms with Gasteiger partial charge in [0.25, 0.3) is 15.9 Å². The summed E-state index contributed by atoms with van der Waals surface area (Å²) in [6.07, 6.45) is 0. The maximum atomic E-state index is 12.7. The Labute approximate surface area is 172 Å². The zero-order chi connectivity index (χ0) is 21.0. The first kappa shape index (κ1) is 21.1. The van der Waals surface area contributed by atoms with E-state index in [-0.39, 0.29) is 10.8 Å². The van der Waals surface area contributed by atoms with Crippen molar-refractivity contribution >= 4 is 21.6 Å². The highest BCUT2D eigenvalue weighted by atomic mass is 32.2. The number of amides is 1. The molecule has 8 heteroatoms. The first-order chi connectivity index (χ1) is 13.8. The van der Waals surface area contributed by atoms with Crippen LogP contribution in [0, 0.1) is 6.92 Å². The minimum atomic E-state index is -3.73. The van der Waals surface area contributed by atoms with E-state index in [2.05, 4.69) is 9.62 Å². The van der Waals surface area contributed by atoms with Crippen LogP contribution in [0.25, 0.3) is 0 Å². The van der Waals surface area contributed by atoms with E-state index >= 15 is 0 Å². The molecule has 0 atom stereocenters. The number of carbonyl (C=O) groups is 1. The van der Waals surface area contributed by atoms with Crippen molar-refractivity contribution in [2.45, 2.75) is 18.7 Å². The van der Waals surface area contributed by atoms with E-state index in [9.17, 15) is 13.2 Å². The van der Waals surface area contributed by atoms with Crippen molar-refractivity contribution in [1.29, 1.82) is 0 Å². The van der Waals surface area contributed by atoms with Crippen LogP contribution in [-0.4, -0.2) is 64.0 Å². The first-order valence-corrected chi connectivity index (χ1v) is 11.1. The highest BCUT2D eigenvalue weighted by Crippen LogP contribution is 2.24. The van der Waals surface area contributed by atoms with E-state index in [1.807, 2.05) is 25.8 Å². The van der Waals surface area contributed by atoms with Crippen molar-refractivity contribution in [2.75, 3.05) is 44.6 Å². The zero-order valence-corrected chi connectivity index (χ0v) is 17.8. The quantitative estimate of drug-likeness (QED) is 0.782. The van der Waals surface area contributed by atoms with Gasteiger partial charge in [0.1, 0.15) is 5.75 Å². The topological polar surface area (TPSA) is 78.9 Å². The first-order valence-electron chi connectivity index (χ1n) is 9.64. The standard InChI is InChI=1S/C21H27N3O4S/c1-4-28-20-10-9-19(15-16(20)2)29(26,27)22-18-7-5-17(6-8-18)21(25)24-13-11-23(3)12-14-24/h5-10,15,22H,4,11-14H2,1-3H3. The summed E-state index contributed by atoms with van der Waals surface area (Å²) in [6, 6.07) is 11.3. The molecular formula is C21H27N3O4S. The van der Waals surface area contributed by atoms with Gasteiger partial charge in [-0.3, -0.25) is 9.52 Å². The lowest BCUT2D eigenvalue weighted by Crippen LogP contribution is -2.47. The van der Waals surface area contributed by atoms with Crippen molar-refractivity contribution in [1.82, 2.24) is 9.80 Å². The fraction of sp³-hybridized carbons (Fsp3) is 0.381. The number of piperazine rings is 1. The van der Waals surface area contributed by atoms with Crippen molar-refractivity contribution in [3.05, 3.63) is 53.6 Å². The third-order valence-electron chi connectivity index (χ3n) is 4.93. The van der Waals surface area contributed by atoms with E-state index in [4.69, 9.17) is 4.74 Å². The molecule has 0 unspecified atom stereocenters. The van der Waals surface area contributed by atoms with Crippen LogP contribution < -0.4 is 9.46 Å². The van der Waals surface area contributed by atoms with Crippen LogP contribution in [0.4, 0.5) is 5.69 Å². The van der Waals surface area contributed by atoms with Gasteiger partial charge in [0, 0.05) is 37.4 Å². The molecule has 1 heterocycles. The van der Waals surface area contributed by atoms with Gasteiger partial charge < -0.3 is 14.5 Å². The van der Waals surface area contributed by atoms with E-state index < -0.39 is 10.0 Å². The van der Waals surface area contributed by atoms with Crippen molar-refractivity contribution in [2.24, 2.45) is 0 Å². The van der Waals surface area contributed by atoms with E-state index in [0.29, 0.717) is 36.7 Å². The second-order valence-corrected chi connectivity index (χ2v) is 8.82. The maximum Gasteiger partial charge on any atom is 0.261 e. The van der Waals surface area contributed by atoms with Crippen molar-refractivity contribution in [3.8, 4) is 5.75 Å². The maximum absolute atomic E-state index is 12.7. The molecular weight excluding hydrogens is 390 g/mol. The third-order valence-corrected chi connectivity index (χ3v) is 6.31. The number of anilines is 1. The largest absolute Gasteiger partial charge is 0.494 e. The molecule has 156 valence electrons. The van der Waals surface area contributed by atoms with Gasteiger partial charge in [0.05, 0.1) is 11.5 Å². The summed E-state index contributed by atoms with van der Waals surface area (Å²) in [4.78, 5) is 16.8. The Morgan fingerprint density at radius 3 is 2.31 bits per heavy atom. The lowest BCUT2D eigenvalue weighted by atomic mass is 10.1. The Balaban J connectivity index is 1.70. The highest BCUT2D eigenvalue weighted by molar-refractivity contribution is 7.92. The Morgan fingerprint density at radius 1 is 1.07 bits per heavy atom. The van der Waals surface area contributed by atoms with Gasteiger partial charge in [-0.15, -0.1) is 0 Å². The molecule has 1 N–H and O–H groups in total. The van der Waals surface area contributed by atoms with E-state index in [1.165, 1.54) is 6.07 Å². The summed E-state index contributed by atoms with van der Waals surface area (Å²) in [7, 11) is -1.70. The third kappa shape index (κ3) is 5.07. The Hall–Kier alpha value is -2.58. The van der Waals surface area contributed by atoms with Crippen LogP contribution in [0.5, 0.6) is 5.75 Å². The van der Waals surface area contributed by atoms with Crippen molar-refractivity contribution < 1.29 is 17.9 Å². The smallest absolute Gasteiger partial charge is 0.261 e. The molecule has 1 saturated heterocycles. The second-order valence-electron chi connectivity index (χ2n) is 7.14. The van der Waals surface area contributed by atoms with Crippen LogP contribution in [-0.2, 0) is 10.0 Å². The number of carbonyl (C=O) groups excluding carboxylic acids is 1. The van der Waals surface area contributed by atoms with Crippen LogP contribution in [0.3, 0.4) is 0 Å². The number of hydrogen-bond donors (Lipinski definition) is 1. The number of nitrogens with zero attached hydrogens (tertiary/aromatic N) is 2. The fourth-order valence-corrected chi connectivity index (χ4v) is 4.34. The zero-order valence-electron chi connectivity index (χ0n) is 17.0. The summed E-state index contributed by atoms with van der Waals surface area (Å²) < 4.78 is 33.4. The minimum absolute atomic E-state index is 0.0327. The lowest BCUT2D eigenvalue weighted by Gasteiger charge is -2.32. The predicted octanol–water partition coefficient (Wildman–Crippen LogP) is 2.58. The number of ether oxygens (including phenoxy) is 1. The molecule has 1 aliphatic heterocycles. The lowest BCUT2D eigenvalue weighted by molar-refractivity contribution is 0.0664. The molecule has 0 radical (unpaired) electrons. The number of likely N-dealkylation sites (N-methyl/N-ethyl adjacent to an activating group) is 1. The number of rotatable bonds is 6. The molecule has 1 amide bonds. The summed E-state index contributed by atoms with van der Waals surface area (Å²) in [6.45, 7) is 7.30. The van der Waals surface area contributed by atoms with Gasteiger partial charge >= 0.3 is 0 Å². The molecule has 0 aromatic heterocycles. The molecule has 3 rings (SSSR count). The van der Waals surface area contributed by atoms with Gasteiger partial charge in [-0.25, -0.2) is 8.42 Å². The summed E-state index contributed by atoms with van der Waals surface area (Å²) in [5.41, 5.74) is 1.71. The fourth-order valence-electron chi connectivity index (χ4n) is 3.19. The second kappa shape index (κ2) is 8.84. The molecule has 29 heavy (non-hydrogen) atoms. The summed E-state index contributed by atoms with van der Waals surface area (Å²) >= 11 is 0. The van der Waals surface area contributed by atoms with Crippen LogP contribution in [0.1, 0.15) is 22.8 Å². The van der Waals surface area contributed by atoms with Gasteiger partial charge in [-0.05, 0) is 68.9 Å². The summed E-state index contributed by atoms with van der Waals surface area (Å²) in [5.74, 6) is 0.632. The molecule has 7 nitrogen and oxygen atoms in total. The number of aryl methyl sites for hydroxylation is 1. The monoisotopic (exact) mass is 417 g/mol. The Morgan fingerprint density at radius 2 is 1.72 bits per heavy atom. The number of sulfonamides is 1. The molecule has 1 fully saturated rings. The average Bonchev–Trinajstić information content (AvgIpc) is 2.70. The molecule has 2 aromatic carbocycles. The SMILES string of the molecule is CCOc1ccc(S(=O)(=O)Nc2ccc(C(=O)N3CCN(C)CC3)cc2)cc1C. The Bertz CT molecular complexity index is 966. The van der Waals surface area contributed by atoms with Gasteiger partial charge in [-0.2, -0.15) is 0 Å². The van der Waals surface area contributed by atoms with Gasteiger partial charge in [0.2, 0.25) is 0 Å². The van der Waals surface area contributed by atoms with Crippen molar-refractivity contribution in [3.63, 3.8) is 0 Å². The molecule has 0 aliphatic carbocycles. The average molecular weight is 418 g/mol. The normalized spacial score (nSPS) is 15.2. The summed E-state index contributed by atoms with van der Waals surface area (Å²) in [5, 5.41) is 0. The van der Waals surface area contributed by atoms with Crippen LogP contribution in [0.2, 0.25) is 0 Å². The number of benzene rings is 2. The molecule has 0 saturated carbocycles. The molecule has 2 aromatic rings. The Kier molecular flexibility index (Phi) is 6.44. The van der Waals surface area contributed by atoms with Gasteiger partial charge in [0.15, 0.2) is 0 Å². The number of nitrogens with one attached hydrogen (secondary N) is 1. The van der Waals surface area contributed by atoms with E-state index in [0.717, 1.165) is 18.7 Å². The van der Waals surface area contributed by atoms with Crippen LogP contribution in [0.15, 0.2) is 47.4 Å². The minimum Gasteiger partial charge on any atom is -0.494 e. The predicted molar refractivity (Wildman–Crippen MR) is 113 cm³/mol. The number of hydrogen-bond acceptors (Lipinski definition) is 5. The van der Waals surface area contributed by atoms with Crippen LogP contribution >= 0.6 is 0 Å². The molecule has 0 bridgehead atoms. The molecule has 1 aliphatic rings. The highest BCUT2D eigenvalue weighted by Gasteiger charge is 2.21. The van der Waals surface area contributed by atoms with E-state index in [1.54, 1.807) is 36.4 Å². The van der Waals surface area contributed by atoms with Gasteiger partial charge in [-0.1, -0.05) is 0 Å². The molecule has 0 spiro atoms.